The lowest BCUT2D eigenvalue weighted by molar-refractivity contribution is -0.119. The molecule has 0 bridgehead atoms. The van der Waals surface area contributed by atoms with Gasteiger partial charge in [0.25, 0.3) is 0 Å². The van der Waals surface area contributed by atoms with Crippen LogP contribution in [0.1, 0.15) is 32.6 Å². The van der Waals surface area contributed by atoms with E-state index in [-0.39, 0.29) is 23.8 Å². The number of carbonyl (C=O) groups excluding carboxylic acids is 2. The quantitative estimate of drug-likeness (QED) is 0.799. The molecule has 0 saturated heterocycles. The Morgan fingerprint density at radius 3 is 2.71 bits per heavy atom. The van der Waals surface area contributed by atoms with Crippen molar-refractivity contribution in [3.63, 3.8) is 0 Å². The first-order valence-electron chi connectivity index (χ1n) is 7.15. The van der Waals surface area contributed by atoms with Crippen LogP contribution >= 0.6 is 11.6 Å². The molecule has 2 amide bonds. The Balaban J connectivity index is 2.06. The molecule has 1 fully saturated rings. The summed E-state index contributed by atoms with van der Waals surface area (Å²) in [4.78, 5) is 23.6. The minimum absolute atomic E-state index is 0.0649. The lowest BCUT2D eigenvalue weighted by Gasteiger charge is -2.13. The van der Waals surface area contributed by atoms with Crippen LogP contribution in [0.4, 0.5) is 11.4 Å². The van der Waals surface area contributed by atoms with E-state index in [0.717, 1.165) is 12.8 Å². The van der Waals surface area contributed by atoms with E-state index in [1.165, 1.54) is 0 Å². The number of nitrogens with one attached hydrogen (secondary N) is 2. The van der Waals surface area contributed by atoms with E-state index >= 15 is 0 Å². The highest BCUT2D eigenvalue weighted by molar-refractivity contribution is 6.33. The molecule has 1 aromatic carbocycles. The molecule has 21 heavy (non-hydrogen) atoms. The van der Waals surface area contributed by atoms with Crippen molar-refractivity contribution in [3.05, 3.63) is 23.2 Å². The van der Waals surface area contributed by atoms with Gasteiger partial charge >= 0.3 is 0 Å². The largest absolute Gasteiger partial charge is 0.328 e. The first-order valence-corrected chi connectivity index (χ1v) is 7.53. The smallest absolute Gasteiger partial charge is 0.227 e. The van der Waals surface area contributed by atoms with E-state index in [1.807, 2.05) is 0 Å². The summed E-state index contributed by atoms with van der Waals surface area (Å²) in [6, 6.07) is 5.13. The van der Waals surface area contributed by atoms with Crippen LogP contribution in [-0.4, -0.2) is 17.9 Å². The average Bonchev–Trinajstić information content (AvgIpc) is 2.89. The Morgan fingerprint density at radius 2 is 2.10 bits per heavy atom. The fourth-order valence-electron chi connectivity index (χ4n) is 2.44. The van der Waals surface area contributed by atoms with E-state index in [2.05, 4.69) is 10.6 Å². The molecule has 114 valence electrons. The lowest BCUT2D eigenvalue weighted by Crippen LogP contribution is -2.23. The fraction of sp³-hybridized carbons (Fsp3) is 0.467. The van der Waals surface area contributed by atoms with Crippen LogP contribution < -0.4 is 16.4 Å². The molecule has 1 aromatic rings. The van der Waals surface area contributed by atoms with Crippen molar-refractivity contribution in [1.29, 1.82) is 0 Å². The van der Waals surface area contributed by atoms with Gasteiger partial charge in [-0.15, -0.1) is 0 Å². The van der Waals surface area contributed by atoms with Gasteiger partial charge in [-0.1, -0.05) is 18.5 Å². The van der Waals surface area contributed by atoms with Gasteiger partial charge in [0.15, 0.2) is 0 Å². The van der Waals surface area contributed by atoms with Crippen LogP contribution in [0.15, 0.2) is 18.2 Å². The minimum atomic E-state index is -0.0867. The van der Waals surface area contributed by atoms with Crippen LogP contribution in [0.25, 0.3) is 0 Å². The fourth-order valence-corrected chi connectivity index (χ4v) is 2.60. The second-order valence-electron chi connectivity index (χ2n) is 5.36. The third-order valence-electron chi connectivity index (χ3n) is 3.67. The maximum Gasteiger partial charge on any atom is 0.227 e. The van der Waals surface area contributed by atoms with Crippen molar-refractivity contribution >= 4 is 34.8 Å². The Labute approximate surface area is 129 Å². The van der Waals surface area contributed by atoms with Crippen molar-refractivity contribution in [2.24, 2.45) is 11.7 Å². The van der Waals surface area contributed by atoms with Gasteiger partial charge in [-0.05, 0) is 37.5 Å². The second kappa shape index (κ2) is 6.91. The number of rotatable bonds is 4. The van der Waals surface area contributed by atoms with Crippen molar-refractivity contribution in [3.8, 4) is 0 Å². The van der Waals surface area contributed by atoms with Gasteiger partial charge in [0, 0.05) is 24.1 Å². The minimum Gasteiger partial charge on any atom is -0.328 e. The molecule has 0 spiro atoms. The predicted molar refractivity (Wildman–Crippen MR) is 84.3 cm³/mol. The van der Waals surface area contributed by atoms with E-state index in [4.69, 9.17) is 17.3 Å². The SMILES string of the molecule is CCC(=O)Nc1ccc(Cl)c(NC(=O)C2CCC(N)C2)c1. The number of benzene rings is 1. The normalized spacial score (nSPS) is 21.1. The Morgan fingerprint density at radius 1 is 1.33 bits per heavy atom. The molecule has 6 heteroatoms. The van der Waals surface area contributed by atoms with E-state index in [0.29, 0.717) is 29.2 Å². The third-order valence-corrected chi connectivity index (χ3v) is 4.00. The molecule has 0 aliphatic heterocycles. The van der Waals surface area contributed by atoms with Gasteiger partial charge in [-0.2, -0.15) is 0 Å². The summed E-state index contributed by atoms with van der Waals surface area (Å²) >= 11 is 6.09. The first kappa shape index (κ1) is 15.8. The summed E-state index contributed by atoms with van der Waals surface area (Å²) in [5.41, 5.74) is 6.95. The number of hydrogen-bond acceptors (Lipinski definition) is 3. The highest BCUT2D eigenvalue weighted by Crippen LogP contribution is 2.29. The van der Waals surface area contributed by atoms with Gasteiger partial charge in [-0.25, -0.2) is 0 Å². The van der Waals surface area contributed by atoms with Crippen molar-refractivity contribution in [2.45, 2.75) is 38.6 Å². The summed E-state index contributed by atoms with van der Waals surface area (Å²) in [5.74, 6) is -0.217. The lowest BCUT2D eigenvalue weighted by atomic mass is 10.1. The van der Waals surface area contributed by atoms with Gasteiger partial charge < -0.3 is 16.4 Å². The highest BCUT2D eigenvalue weighted by Gasteiger charge is 2.28. The first-order chi connectivity index (χ1) is 9.99. The zero-order valence-corrected chi connectivity index (χ0v) is 12.7. The van der Waals surface area contributed by atoms with Crippen molar-refractivity contribution in [2.75, 3.05) is 10.6 Å². The second-order valence-corrected chi connectivity index (χ2v) is 5.76. The van der Waals surface area contributed by atoms with Crippen LogP contribution in [0.2, 0.25) is 5.02 Å². The number of hydrogen-bond donors (Lipinski definition) is 3. The summed E-state index contributed by atoms with van der Waals surface area (Å²) in [6.07, 6.45) is 2.77. The number of carbonyl (C=O) groups is 2. The van der Waals surface area contributed by atoms with Crippen LogP contribution in [-0.2, 0) is 9.59 Å². The molecule has 2 atom stereocenters. The van der Waals surface area contributed by atoms with Crippen LogP contribution in [0, 0.1) is 5.92 Å². The topological polar surface area (TPSA) is 84.2 Å². The molecule has 1 aliphatic carbocycles. The zero-order chi connectivity index (χ0) is 15.4. The van der Waals surface area contributed by atoms with E-state index < -0.39 is 0 Å². The summed E-state index contributed by atoms with van der Waals surface area (Å²) in [5, 5.41) is 6.01. The Bertz CT molecular complexity index is 548. The van der Waals surface area contributed by atoms with Gasteiger partial charge in [-0.3, -0.25) is 9.59 Å². The monoisotopic (exact) mass is 309 g/mol. The molecule has 1 saturated carbocycles. The molecular formula is C15H20ClN3O2. The third kappa shape index (κ3) is 4.19. The molecule has 2 rings (SSSR count). The van der Waals surface area contributed by atoms with Gasteiger partial charge in [0.2, 0.25) is 11.8 Å². The maximum atomic E-state index is 12.2. The summed E-state index contributed by atoms with van der Waals surface area (Å²) < 4.78 is 0. The summed E-state index contributed by atoms with van der Waals surface area (Å²) in [6.45, 7) is 1.78. The zero-order valence-electron chi connectivity index (χ0n) is 12.0. The molecule has 0 heterocycles. The molecule has 0 radical (unpaired) electrons. The molecule has 0 aromatic heterocycles. The number of amides is 2. The number of nitrogens with two attached hydrogens (primary N) is 1. The Hall–Kier alpha value is -1.59. The molecule has 4 N–H and O–H groups in total. The van der Waals surface area contributed by atoms with Gasteiger partial charge in [0.1, 0.15) is 0 Å². The molecule has 5 nitrogen and oxygen atoms in total. The van der Waals surface area contributed by atoms with E-state index in [9.17, 15) is 9.59 Å². The highest BCUT2D eigenvalue weighted by atomic mass is 35.5. The van der Waals surface area contributed by atoms with E-state index in [1.54, 1.807) is 25.1 Å². The van der Waals surface area contributed by atoms with Gasteiger partial charge in [0.05, 0.1) is 10.7 Å². The Kier molecular flexibility index (Phi) is 5.20. The van der Waals surface area contributed by atoms with Crippen LogP contribution in [0.5, 0.6) is 0 Å². The number of halogens is 1. The van der Waals surface area contributed by atoms with Crippen LogP contribution in [0.3, 0.4) is 0 Å². The summed E-state index contributed by atoms with van der Waals surface area (Å²) in [7, 11) is 0. The standard InChI is InChI=1S/C15H20ClN3O2/c1-2-14(20)18-11-5-6-12(16)13(8-11)19-15(21)9-3-4-10(17)7-9/h5-6,8-10H,2-4,7,17H2,1H3,(H,18,20)(H,19,21). The van der Waals surface area contributed by atoms with Crippen molar-refractivity contribution in [1.82, 2.24) is 0 Å². The molecular weight excluding hydrogens is 290 g/mol. The molecule has 1 aliphatic rings. The number of anilines is 2. The predicted octanol–water partition coefficient (Wildman–Crippen LogP) is 2.75. The van der Waals surface area contributed by atoms with Crippen molar-refractivity contribution < 1.29 is 9.59 Å². The maximum absolute atomic E-state index is 12.2. The average molecular weight is 310 g/mol. The molecule has 2 unspecified atom stereocenters.